The van der Waals surface area contributed by atoms with Crippen LogP contribution in [0.1, 0.15) is 23.1 Å². The van der Waals surface area contributed by atoms with Crippen molar-refractivity contribution in [2.45, 2.75) is 32.1 Å². The first-order valence-corrected chi connectivity index (χ1v) is 9.34. The summed E-state index contributed by atoms with van der Waals surface area (Å²) >= 11 is 0. The Balaban J connectivity index is 1.92. The van der Waals surface area contributed by atoms with E-state index in [0.717, 1.165) is 16.7 Å². The van der Waals surface area contributed by atoms with Gasteiger partial charge >= 0.3 is 0 Å². The van der Waals surface area contributed by atoms with E-state index in [1.54, 1.807) is 24.3 Å². The molecule has 0 unspecified atom stereocenters. The zero-order valence-corrected chi connectivity index (χ0v) is 15.3. The average molecular weight is 362 g/mol. The molecule has 0 fully saturated rings. The van der Waals surface area contributed by atoms with Gasteiger partial charge in [0.15, 0.2) is 0 Å². The van der Waals surface area contributed by atoms with Gasteiger partial charge in [0.2, 0.25) is 15.9 Å². The zero-order valence-electron chi connectivity index (χ0n) is 14.5. The molecule has 1 amide bonds. The summed E-state index contributed by atoms with van der Waals surface area (Å²) in [5, 5.41) is 12.3. The lowest BCUT2D eigenvalue weighted by molar-refractivity contribution is -0.116. The van der Waals surface area contributed by atoms with Crippen molar-refractivity contribution in [2.75, 3.05) is 11.9 Å². The zero-order chi connectivity index (χ0) is 18.6. The molecule has 3 N–H and O–H groups in total. The Kier molecular flexibility index (Phi) is 5.81. The highest BCUT2D eigenvalue weighted by molar-refractivity contribution is 7.89. The summed E-state index contributed by atoms with van der Waals surface area (Å²) in [7, 11) is -3.66. The molecule has 0 heterocycles. The van der Waals surface area contributed by atoms with Crippen molar-refractivity contribution < 1.29 is 18.3 Å². The van der Waals surface area contributed by atoms with Crippen LogP contribution in [-0.4, -0.2) is 26.0 Å². The average Bonchev–Trinajstić information content (AvgIpc) is 2.52. The van der Waals surface area contributed by atoms with E-state index in [-0.39, 0.29) is 29.5 Å². The second kappa shape index (κ2) is 7.67. The monoisotopic (exact) mass is 362 g/mol. The van der Waals surface area contributed by atoms with Gasteiger partial charge in [0.1, 0.15) is 5.75 Å². The highest BCUT2D eigenvalue weighted by atomic mass is 32.2. The Morgan fingerprint density at radius 2 is 1.76 bits per heavy atom. The quantitative estimate of drug-likeness (QED) is 0.688. The van der Waals surface area contributed by atoms with Crippen molar-refractivity contribution in [3.63, 3.8) is 0 Å². The molecule has 25 heavy (non-hydrogen) atoms. The van der Waals surface area contributed by atoms with E-state index in [0.29, 0.717) is 5.69 Å². The summed E-state index contributed by atoms with van der Waals surface area (Å²) in [4.78, 5) is 12.1. The minimum absolute atomic E-state index is 0.0240. The van der Waals surface area contributed by atoms with E-state index in [9.17, 15) is 18.3 Å². The third-order valence-electron chi connectivity index (χ3n) is 3.86. The molecule has 0 aliphatic rings. The number of phenols is 1. The van der Waals surface area contributed by atoms with Crippen molar-refractivity contribution in [2.24, 2.45) is 0 Å². The first-order chi connectivity index (χ1) is 11.7. The molecule has 0 saturated heterocycles. The summed E-state index contributed by atoms with van der Waals surface area (Å²) in [5.41, 5.74) is 3.07. The minimum atomic E-state index is -3.66. The Morgan fingerprint density at radius 3 is 2.40 bits per heavy atom. The topological polar surface area (TPSA) is 95.5 Å². The molecule has 0 aliphatic carbocycles. The van der Waals surface area contributed by atoms with Gasteiger partial charge in [0, 0.05) is 13.0 Å². The molecule has 0 aliphatic heterocycles. The van der Waals surface area contributed by atoms with Crippen LogP contribution in [0.15, 0.2) is 41.3 Å². The van der Waals surface area contributed by atoms with E-state index in [1.165, 1.54) is 12.1 Å². The van der Waals surface area contributed by atoms with Gasteiger partial charge in [-0.15, -0.1) is 0 Å². The van der Waals surface area contributed by atoms with Gasteiger partial charge in [-0.1, -0.05) is 12.1 Å². The maximum atomic E-state index is 12.2. The largest absolute Gasteiger partial charge is 0.506 e. The SMILES string of the molecule is Cc1ccc(NC(=O)CCNS(=O)(=O)c2ccc(C)c(C)c2)c(O)c1. The molecule has 6 nitrogen and oxygen atoms in total. The standard InChI is InChI=1S/C18H22N2O4S/c1-12-4-7-16(17(21)10-12)20-18(22)8-9-19-25(23,24)15-6-5-13(2)14(3)11-15/h4-7,10-11,19,21H,8-9H2,1-3H3,(H,20,22). The number of nitrogens with one attached hydrogen (secondary N) is 2. The number of carbonyl (C=O) groups excluding carboxylic acids is 1. The van der Waals surface area contributed by atoms with Gasteiger partial charge in [0.05, 0.1) is 10.6 Å². The van der Waals surface area contributed by atoms with Crippen molar-refractivity contribution in [3.05, 3.63) is 53.1 Å². The van der Waals surface area contributed by atoms with Crippen molar-refractivity contribution >= 4 is 21.6 Å². The molecule has 0 radical (unpaired) electrons. The lowest BCUT2D eigenvalue weighted by atomic mass is 10.1. The van der Waals surface area contributed by atoms with Crippen LogP contribution in [0.5, 0.6) is 5.75 Å². The number of sulfonamides is 1. The normalized spacial score (nSPS) is 11.3. The predicted molar refractivity (Wildman–Crippen MR) is 97.2 cm³/mol. The third kappa shape index (κ3) is 5.04. The highest BCUT2D eigenvalue weighted by Gasteiger charge is 2.15. The fourth-order valence-corrected chi connectivity index (χ4v) is 3.34. The molecular weight excluding hydrogens is 340 g/mol. The van der Waals surface area contributed by atoms with Crippen molar-refractivity contribution in [1.82, 2.24) is 4.72 Å². The van der Waals surface area contributed by atoms with Gasteiger partial charge in [0.25, 0.3) is 0 Å². The van der Waals surface area contributed by atoms with Crippen molar-refractivity contribution in [3.8, 4) is 5.75 Å². The van der Waals surface area contributed by atoms with Crippen molar-refractivity contribution in [1.29, 1.82) is 0 Å². The summed E-state index contributed by atoms with van der Waals surface area (Å²) in [6, 6.07) is 9.78. The molecule has 7 heteroatoms. The van der Waals surface area contributed by atoms with Gasteiger partial charge in [-0.25, -0.2) is 13.1 Å². The number of phenolic OH excluding ortho intramolecular Hbond substituents is 1. The molecule has 2 aromatic rings. The van der Waals surface area contributed by atoms with Crippen LogP contribution < -0.4 is 10.0 Å². The number of hydrogen-bond donors (Lipinski definition) is 3. The number of rotatable bonds is 6. The first-order valence-electron chi connectivity index (χ1n) is 7.85. The Morgan fingerprint density at radius 1 is 1.04 bits per heavy atom. The van der Waals surface area contributed by atoms with E-state index in [1.807, 2.05) is 20.8 Å². The Bertz CT molecular complexity index is 892. The molecule has 0 bridgehead atoms. The van der Waals surface area contributed by atoms with Crippen LogP contribution in [0.25, 0.3) is 0 Å². The van der Waals surface area contributed by atoms with Crippen LogP contribution in [0.2, 0.25) is 0 Å². The van der Waals surface area contributed by atoms with E-state index in [2.05, 4.69) is 10.0 Å². The molecule has 0 spiro atoms. The predicted octanol–water partition coefficient (Wildman–Crippen LogP) is 2.62. The number of amides is 1. The summed E-state index contributed by atoms with van der Waals surface area (Å²) in [5.74, 6) is -0.411. The maximum Gasteiger partial charge on any atom is 0.240 e. The number of aryl methyl sites for hydroxylation is 3. The van der Waals surface area contributed by atoms with E-state index >= 15 is 0 Å². The third-order valence-corrected chi connectivity index (χ3v) is 5.32. The maximum absolute atomic E-state index is 12.2. The summed E-state index contributed by atoms with van der Waals surface area (Å²) in [6.07, 6.45) is -0.0443. The minimum Gasteiger partial charge on any atom is -0.506 e. The smallest absolute Gasteiger partial charge is 0.240 e. The van der Waals surface area contributed by atoms with Gasteiger partial charge in [-0.05, 0) is 61.7 Å². The number of anilines is 1. The lowest BCUT2D eigenvalue weighted by Crippen LogP contribution is -2.28. The lowest BCUT2D eigenvalue weighted by Gasteiger charge is -2.10. The Labute approximate surface area is 147 Å². The molecule has 0 atom stereocenters. The summed E-state index contributed by atoms with van der Waals surface area (Å²) in [6.45, 7) is 5.54. The number of carbonyl (C=O) groups is 1. The number of hydrogen-bond acceptors (Lipinski definition) is 4. The fourth-order valence-electron chi connectivity index (χ4n) is 2.22. The molecular formula is C18H22N2O4S. The molecule has 0 aromatic heterocycles. The number of benzene rings is 2. The summed E-state index contributed by atoms with van der Waals surface area (Å²) < 4.78 is 26.9. The second-order valence-electron chi connectivity index (χ2n) is 5.96. The van der Waals surface area contributed by atoms with Gasteiger partial charge in [-0.3, -0.25) is 4.79 Å². The van der Waals surface area contributed by atoms with E-state index < -0.39 is 10.0 Å². The fraction of sp³-hybridized carbons (Fsp3) is 0.278. The van der Waals surface area contributed by atoms with Crippen LogP contribution >= 0.6 is 0 Å². The molecule has 2 aromatic carbocycles. The van der Waals surface area contributed by atoms with Crippen LogP contribution in [-0.2, 0) is 14.8 Å². The highest BCUT2D eigenvalue weighted by Crippen LogP contribution is 2.23. The second-order valence-corrected chi connectivity index (χ2v) is 7.73. The molecule has 2 rings (SSSR count). The molecule has 0 saturated carbocycles. The van der Waals surface area contributed by atoms with Gasteiger partial charge in [-0.2, -0.15) is 0 Å². The van der Waals surface area contributed by atoms with Crippen LogP contribution in [0.4, 0.5) is 5.69 Å². The Hall–Kier alpha value is -2.38. The van der Waals surface area contributed by atoms with Gasteiger partial charge < -0.3 is 10.4 Å². The first kappa shape index (κ1) is 19.0. The molecule has 134 valence electrons. The van der Waals surface area contributed by atoms with Crippen LogP contribution in [0.3, 0.4) is 0 Å². The number of aromatic hydroxyl groups is 1. The van der Waals surface area contributed by atoms with E-state index in [4.69, 9.17) is 0 Å². The van der Waals surface area contributed by atoms with Crippen LogP contribution in [0, 0.1) is 20.8 Å².